The van der Waals surface area contributed by atoms with Crippen LogP contribution in [-0.4, -0.2) is 37.8 Å². The van der Waals surface area contributed by atoms with Gasteiger partial charge in [-0.25, -0.2) is 9.67 Å². The van der Waals surface area contributed by atoms with Gasteiger partial charge in [0, 0.05) is 30.7 Å². The lowest BCUT2D eigenvalue weighted by molar-refractivity contribution is -0.141. The van der Waals surface area contributed by atoms with E-state index in [9.17, 15) is 18.0 Å². The van der Waals surface area contributed by atoms with Crippen molar-refractivity contribution in [2.24, 2.45) is 10.9 Å². The van der Waals surface area contributed by atoms with Gasteiger partial charge in [0.25, 0.3) is 0 Å². The Labute approximate surface area is 209 Å². The number of hydrogen-bond donors (Lipinski definition) is 0. The average Bonchev–Trinajstić information content (AvgIpc) is 3.47. The van der Waals surface area contributed by atoms with Crippen LogP contribution in [0.25, 0.3) is 0 Å². The van der Waals surface area contributed by atoms with Crippen LogP contribution in [0, 0.1) is 5.92 Å². The molecule has 3 unspecified atom stereocenters. The summed E-state index contributed by atoms with van der Waals surface area (Å²) < 4.78 is 41.7. The summed E-state index contributed by atoms with van der Waals surface area (Å²) in [5.41, 5.74) is 0.817. The molecule has 1 aromatic carbocycles. The Hall–Kier alpha value is -2.91. The molecule has 1 amide bonds. The van der Waals surface area contributed by atoms with Crippen molar-refractivity contribution in [3.8, 4) is 0 Å². The minimum Gasteiger partial charge on any atom is -0.335 e. The van der Waals surface area contributed by atoms with Crippen molar-refractivity contribution in [2.75, 3.05) is 6.54 Å². The van der Waals surface area contributed by atoms with E-state index in [2.05, 4.69) is 15.1 Å². The van der Waals surface area contributed by atoms with E-state index in [1.54, 1.807) is 42.4 Å². The molecule has 0 spiro atoms. The Kier molecular flexibility index (Phi) is 6.09. The van der Waals surface area contributed by atoms with Crippen LogP contribution in [0.15, 0.2) is 53.8 Å². The Balaban J connectivity index is 1.61. The molecule has 11 heteroatoms. The van der Waals surface area contributed by atoms with E-state index < -0.39 is 23.8 Å². The highest BCUT2D eigenvalue weighted by Gasteiger charge is 2.45. The topological polar surface area (TPSA) is 63.4 Å². The number of rotatable bonds is 3. The fraction of sp³-hybridized carbons (Fsp3) is 0.333. The molecular weight excluding hydrogens is 502 g/mol. The van der Waals surface area contributed by atoms with Crippen LogP contribution in [0.3, 0.4) is 0 Å². The van der Waals surface area contributed by atoms with Gasteiger partial charge in [-0.2, -0.15) is 18.3 Å². The van der Waals surface area contributed by atoms with Gasteiger partial charge in [-0.1, -0.05) is 29.3 Å². The molecule has 182 valence electrons. The zero-order chi connectivity index (χ0) is 24.9. The lowest BCUT2D eigenvalue weighted by Crippen LogP contribution is -2.44. The standard InChI is InChI=1S/C24H20Cl2F3N5O/c1-13-21(23(35)33-10-2-3-18(33)14-6-8-30-9-7-14)22(15-4-5-16(25)17(26)11-15)34-20(31-13)12-19(32-34)24(27,28)29/h4-9,11-12,18,21-22H,2-3,10H2,1H3. The summed E-state index contributed by atoms with van der Waals surface area (Å²) in [4.78, 5) is 24.3. The van der Waals surface area contributed by atoms with E-state index in [0.717, 1.165) is 24.5 Å². The number of alkyl halides is 3. The molecule has 0 radical (unpaired) electrons. The van der Waals surface area contributed by atoms with E-state index in [4.69, 9.17) is 23.2 Å². The maximum atomic E-state index is 14.1. The van der Waals surface area contributed by atoms with Crippen LogP contribution in [0.2, 0.25) is 10.0 Å². The average molecular weight is 522 g/mol. The van der Waals surface area contributed by atoms with Gasteiger partial charge in [0.15, 0.2) is 11.5 Å². The third kappa shape index (κ3) is 4.31. The highest BCUT2D eigenvalue weighted by molar-refractivity contribution is 6.42. The fourth-order valence-corrected chi connectivity index (χ4v) is 5.22. The molecule has 2 aromatic heterocycles. The number of fused-ring (bicyclic) bond motifs is 1. The normalized spacial score (nSPS) is 22.2. The molecule has 0 N–H and O–H groups in total. The summed E-state index contributed by atoms with van der Waals surface area (Å²) in [6.07, 6.45) is 0.288. The molecule has 0 aliphatic carbocycles. The third-order valence-corrected chi connectivity index (χ3v) is 7.24. The highest BCUT2D eigenvalue weighted by Crippen LogP contribution is 2.43. The van der Waals surface area contributed by atoms with Gasteiger partial charge in [-0.3, -0.25) is 9.78 Å². The van der Waals surface area contributed by atoms with Crippen molar-refractivity contribution in [3.63, 3.8) is 0 Å². The van der Waals surface area contributed by atoms with Gasteiger partial charge in [0.1, 0.15) is 5.92 Å². The van der Waals surface area contributed by atoms with E-state index in [0.29, 0.717) is 22.8 Å². The first-order chi connectivity index (χ1) is 16.6. The number of aliphatic imine (C=N–C) groups is 1. The van der Waals surface area contributed by atoms with Crippen molar-refractivity contribution in [3.05, 3.63) is 75.7 Å². The molecule has 35 heavy (non-hydrogen) atoms. The van der Waals surface area contributed by atoms with Crippen molar-refractivity contribution >= 4 is 40.6 Å². The van der Waals surface area contributed by atoms with E-state index >= 15 is 0 Å². The fourth-order valence-electron chi connectivity index (χ4n) is 4.92. The second-order valence-electron chi connectivity index (χ2n) is 8.65. The van der Waals surface area contributed by atoms with E-state index in [-0.39, 0.29) is 22.8 Å². The lowest BCUT2D eigenvalue weighted by Gasteiger charge is -2.35. The lowest BCUT2D eigenvalue weighted by atomic mass is 9.86. The Morgan fingerprint density at radius 1 is 1.06 bits per heavy atom. The first-order valence-electron chi connectivity index (χ1n) is 11.0. The van der Waals surface area contributed by atoms with E-state index in [1.165, 1.54) is 4.68 Å². The number of likely N-dealkylation sites (tertiary alicyclic amines) is 1. The summed E-state index contributed by atoms with van der Waals surface area (Å²) in [6, 6.07) is 8.38. The predicted molar refractivity (Wildman–Crippen MR) is 126 cm³/mol. The van der Waals surface area contributed by atoms with Crippen LogP contribution in [0.1, 0.15) is 48.7 Å². The zero-order valence-electron chi connectivity index (χ0n) is 18.5. The minimum absolute atomic E-state index is 0.0297. The number of hydrogen-bond acceptors (Lipinski definition) is 4. The number of halogens is 5. The van der Waals surface area contributed by atoms with Crippen molar-refractivity contribution in [2.45, 2.75) is 38.0 Å². The van der Waals surface area contributed by atoms with Gasteiger partial charge < -0.3 is 4.90 Å². The molecule has 4 heterocycles. The van der Waals surface area contributed by atoms with Gasteiger partial charge in [-0.15, -0.1) is 0 Å². The van der Waals surface area contributed by atoms with Crippen LogP contribution in [0.4, 0.5) is 19.0 Å². The van der Waals surface area contributed by atoms with Crippen molar-refractivity contribution < 1.29 is 18.0 Å². The van der Waals surface area contributed by atoms with Gasteiger partial charge >= 0.3 is 6.18 Å². The summed E-state index contributed by atoms with van der Waals surface area (Å²) in [5, 5.41) is 4.36. The van der Waals surface area contributed by atoms with Crippen LogP contribution in [0.5, 0.6) is 0 Å². The molecule has 5 rings (SSSR count). The molecule has 0 saturated carbocycles. The van der Waals surface area contributed by atoms with Crippen molar-refractivity contribution in [1.82, 2.24) is 19.7 Å². The molecule has 2 aliphatic heterocycles. The maximum absolute atomic E-state index is 14.1. The molecule has 6 nitrogen and oxygen atoms in total. The summed E-state index contributed by atoms with van der Waals surface area (Å²) in [6.45, 7) is 2.19. The number of benzene rings is 1. The molecule has 3 aromatic rings. The number of aromatic nitrogens is 3. The molecule has 0 bridgehead atoms. The number of amides is 1. The summed E-state index contributed by atoms with van der Waals surface area (Å²) in [7, 11) is 0. The first-order valence-corrected chi connectivity index (χ1v) is 11.8. The van der Waals surface area contributed by atoms with E-state index in [1.807, 2.05) is 12.1 Å². The molecule has 1 fully saturated rings. The molecule has 2 aliphatic rings. The van der Waals surface area contributed by atoms with Gasteiger partial charge in [0.2, 0.25) is 5.91 Å². The maximum Gasteiger partial charge on any atom is 0.435 e. The van der Waals surface area contributed by atoms with Crippen LogP contribution < -0.4 is 0 Å². The largest absolute Gasteiger partial charge is 0.435 e. The third-order valence-electron chi connectivity index (χ3n) is 6.50. The summed E-state index contributed by atoms with van der Waals surface area (Å²) in [5.74, 6) is -1.07. The second kappa shape index (κ2) is 8.95. The Bertz CT molecular complexity index is 1310. The zero-order valence-corrected chi connectivity index (χ0v) is 20.0. The number of pyridine rings is 1. The quantitative estimate of drug-likeness (QED) is 0.407. The number of carbonyl (C=O) groups is 1. The molecule has 1 saturated heterocycles. The van der Waals surface area contributed by atoms with Crippen molar-refractivity contribution in [1.29, 1.82) is 0 Å². The van der Waals surface area contributed by atoms with Gasteiger partial charge in [-0.05, 0) is 55.2 Å². The SMILES string of the molecule is CC1=Nc2cc(C(F)(F)F)nn2C(c2ccc(Cl)c(Cl)c2)C1C(=O)N1CCCC1c1ccncc1. The van der Waals surface area contributed by atoms with Crippen LogP contribution in [-0.2, 0) is 11.0 Å². The Morgan fingerprint density at radius 3 is 2.49 bits per heavy atom. The monoisotopic (exact) mass is 521 g/mol. The predicted octanol–water partition coefficient (Wildman–Crippen LogP) is 6.28. The summed E-state index contributed by atoms with van der Waals surface area (Å²) >= 11 is 12.4. The molecule has 3 atom stereocenters. The highest BCUT2D eigenvalue weighted by atomic mass is 35.5. The van der Waals surface area contributed by atoms with Gasteiger partial charge in [0.05, 0.1) is 22.1 Å². The molecular formula is C24H20Cl2F3N5O. The Morgan fingerprint density at radius 2 is 1.80 bits per heavy atom. The van der Waals surface area contributed by atoms with Crippen LogP contribution >= 0.6 is 23.2 Å². The number of nitrogens with zero attached hydrogens (tertiary/aromatic N) is 5. The second-order valence-corrected chi connectivity index (χ2v) is 9.46. The number of carbonyl (C=O) groups excluding carboxylic acids is 1. The minimum atomic E-state index is -4.66. The first kappa shape index (κ1) is 23.8. The smallest absolute Gasteiger partial charge is 0.335 e.